The van der Waals surface area contributed by atoms with Gasteiger partial charge in [-0.25, -0.2) is 13.6 Å². The monoisotopic (exact) mass is 336 g/mol. The molecule has 0 spiro atoms. The molecule has 8 nitrogen and oxygen atoms in total. The van der Waals surface area contributed by atoms with E-state index in [-0.39, 0.29) is 29.1 Å². The fourth-order valence-corrected chi connectivity index (χ4v) is 1.98. The molecule has 24 heavy (non-hydrogen) atoms. The Morgan fingerprint density at radius 2 is 1.67 bits per heavy atom. The van der Waals surface area contributed by atoms with Gasteiger partial charge in [0, 0.05) is 17.3 Å². The highest BCUT2D eigenvalue weighted by Gasteiger charge is 2.38. The van der Waals surface area contributed by atoms with Gasteiger partial charge in [-0.05, 0) is 31.9 Å². The maximum Gasteiger partial charge on any atom is 0.411 e. The minimum absolute atomic E-state index is 0.0505. The van der Waals surface area contributed by atoms with E-state index >= 15 is 0 Å². The number of hydrogen-bond acceptors (Lipinski definition) is 6. The van der Waals surface area contributed by atoms with Crippen LogP contribution in [-0.2, 0) is 0 Å². The molecule has 0 atom stereocenters. The average molecular weight is 336 g/mol. The van der Waals surface area contributed by atoms with Crippen LogP contribution in [0.25, 0.3) is 0 Å². The lowest BCUT2D eigenvalue weighted by Gasteiger charge is -2.13. The first-order chi connectivity index (χ1) is 11.3. The highest BCUT2D eigenvalue weighted by atomic mass is 19.1. The molecule has 4 N–H and O–H groups in total. The number of carbonyl (C=O) groups is 1. The number of rotatable bonds is 5. The van der Waals surface area contributed by atoms with E-state index in [1.165, 1.54) is 0 Å². The minimum atomic E-state index is -1.34. The summed E-state index contributed by atoms with van der Waals surface area (Å²) in [5, 5.41) is 16.5. The van der Waals surface area contributed by atoms with Crippen LogP contribution in [-0.4, -0.2) is 31.7 Å². The van der Waals surface area contributed by atoms with Crippen LogP contribution in [0.15, 0.2) is 18.2 Å². The number of aromatic nitrogens is 3. The molecule has 0 radical (unpaired) electrons. The quantitative estimate of drug-likeness (QED) is 0.664. The van der Waals surface area contributed by atoms with Crippen LogP contribution in [0.1, 0.15) is 19.8 Å². The molecule has 10 heteroatoms. The summed E-state index contributed by atoms with van der Waals surface area (Å²) in [6.45, 7) is 1.97. The van der Waals surface area contributed by atoms with Gasteiger partial charge >= 0.3 is 6.09 Å². The standard InChI is InChI=1S/C14H14F2N6O2/c1-14(2-3-14)22-12-19-10(18-11(20-12)21-13(23)24)17-9-5-7(15)4-8(16)6-9/h4-6H,2-3H2,1H3,(H,23,24)(H3,17,18,19,20,21,22). The molecule has 2 aromatic rings. The van der Waals surface area contributed by atoms with Crippen molar-refractivity contribution in [3.63, 3.8) is 0 Å². The first-order valence-corrected chi connectivity index (χ1v) is 7.09. The third-order valence-corrected chi connectivity index (χ3v) is 3.39. The summed E-state index contributed by atoms with van der Waals surface area (Å²) in [6.07, 6.45) is 0.517. The van der Waals surface area contributed by atoms with Crippen molar-refractivity contribution in [2.24, 2.45) is 0 Å². The van der Waals surface area contributed by atoms with Gasteiger partial charge in [0.05, 0.1) is 0 Å². The predicted octanol–water partition coefficient (Wildman–Crippen LogP) is 2.95. The fraction of sp³-hybridized carbons (Fsp3) is 0.286. The van der Waals surface area contributed by atoms with Crippen molar-refractivity contribution < 1.29 is 18.7 Å². The van der Waals surface area contributed by atoms with Crippen LogP contribution >= 0.6 is 0 Å². The molecule has 0 saturated heterocycles. The SMILES string of the molecule is CC1(Nc2nc(NC(=O)O)nc(Nc3cc(F)cc(F)c3)n2)CC1. The highest BCUT2D eigenvalue weighted by molar-refractivity contribution is 5.80. The van der Waals surface area contributed by atoms with Crippen molar-refractivity contribution in [3.05, 3.63) is 29.8 Å². The van der Waals surface area contributed by atoms with Gasteiger partial charge in [0.2, 0.25) is 17.8 Å². The minimum Gasteiger partial charge on any atom is -0.465 e. The summed E-state index contributed by atoms with van der Waals surface area (Å²) in [7, 11) is 0. The lowest BCUT2D eigenvalue weighted by molar-refractivity contribution is 0.209. The number of carboxylic acid groups (broad SMARTS) is 1. The number of nitrogens with zero attached hydrogens (tertiary/aromatic N) is 3. The number of anilines is 4. The Hall–Kier alpha value is -3.04. The van der Waals surface area contributed by atoms with Crippen molar-refractivity contribution in [3.8, 4) is 0 Å². The Labute approximate surface area is 135 Å². The molecule has 1 saturated carbocycles. The Bertz CT molecular complexity index is 777. The largest absolute Gasteiger partial charge is 0.465 e. The van der Waals surface area contributed by atoms with Gasteiger partial charge in [-0.3, -0.25) is 5.32 Å². The van der Waals surface area contributed by atoms with Crippen LogP contribution in [0.2, 0.25) is 0 Å². The molecular weight excluding hydrogens is 322 g/mol. The molecular formula is C14H14F2N6O2. The normalized spacial score (nSPS) is 14.8. The maximum absolute atomic E-state index is 13.3. The first kappa shape index (κ1) is 15.8. The molecule has 1 aromatic heterocycles. The highest BCUT2D eigenvalue weighted by Crippen LogP contribution is 2.37. The zero-order valence-corrected chi connectivity index (χ0v) is 12.6. The number of hydrogen-bond donors (Lipinski definition) is 4. The molecule has 1 aromatic carbocycles. The second-order valence-electron chi connectivity index (χ2n) is 5.71. The van der Waals surface area contributed by atoms with Crippen LogP contribution in [0.3, 0.4) is 0 Å². The van der Waals surface area contributed by atoms with Crippen LogP contribution in [0, 0.1) is 11.6 Å². The zero-order chi connectivity index (χ0) is 17.3. The van der Waals surface area contributed by atoms with Gasteiger partial charge in [0.1, 0.15) is 11.6 Å². The number of amides is 1. The molecule has 1 aliphatic carbocycles. The molecule has 126 valence electrons. The molecule has 3 rings (SSSR count). The summed E-state index contributed by atoms with van der Waals surface area (Å²) in [4.78, 5) is 22.7. The van der Waals surface area contributed by atoms with Gasteiger partial charge in [0.15, 0.2) is 0 Å². The summed E-state index contributed by atoms with van der Waals surface area (Å²) < 4.78 is 26.5. The van der Waals surface area contributed by atoms with E-state index in [0.29, 0.717) is 0 Å². The topological polar surface area (TPSA) is 112 Å². The molecule has 1 aliphatic rings. The van der Waals surface area contributed by atoms with Gasteiger partial charge in [-0.2, -0.15) is 15.0 Å². The molecule has 1 heterocycles. The molecule has 1 amide bonds. The lowest BCUT2D eigenvalue weighted by atomic mass is 10.3. The summed E-state index contributed by atoms with van der Waals surface area (Å²) >= 11 is 0. The van der Waals surface area contributed by atoms with Crippen molar-refractivity contribution in [1.29, 1.82) is 0 Å². The van der Waals surface area contributed by atoms with E-state index in [0.717, 1.165) is 31.0 Å². The third kappa shape index (κ3) is 4.03. The molecule has 0 bridgehead atoms. The van der Waals surface area contributed by atoms with E-state index in [2.05, 4.69) is 25.6 Å². The lowest BCUT2D eigenvalue weighted by Crippen LogP contribution is -2.20. The predicted molar refractivity (Wildman–Crippen MR) is 82.4 cm³/mol. The zero-order valence-electron chi connectivity index (χ0n) is 12.6. The third-order valence-electron chi connectivity index (χ3n) is 3.39. The average Bonchev–Trinajstić information content (AvgIpc) is 3.13. The van der Waals surface area contributed by atoms with E-state index in [9.17, 15) is 13.6 Å². The van der Waals surface area contributed by atoms with Crippen molar-refractivity contribution in [1.82, 2.24) is 15.0 Å². The van der Waals surface area contributed by atoms with Gasteiger partial charge in [0.25, 0.3) is 0 Å². The van der Waals surface area contributed by atoms with Crippen molar-refractivity contribution in [2.75, 3.05) is 16.0 Å². The number of halogens is 2. The second-order valence-corrected chi connectivity index (χ2v) is 5.71. The fourth-order valence-electron chi connectivity index (χ4n) is 1.98. The summed E-state index contributed by atoms with van der Waals surface area (Å²) in [5.74, 6) is -1.62. The maximum atomic E-state index is 13.3. The van der Waals surface area contributed by atoms with E-state index in [1.54, 1.807) is 0 Å². The molecule has 0 aliphatic heterocycles. The number of nitrogens with one attached hydrogen (secondary N) is 3. The summed E-state index contributed by atoms with van der Waals surface area (Å²) in [6, 6.07) is 2.86. The first-order valence-electron chi connectivity index (χ1n) is 7.09. The summed E-state index contributed by atoms with van der Waals surface area (Å²) in [5.41, 5.74) is -0.0621. The Morgan fingerprint density at radius 1 is 1.08 bits per heavy atom. The Balaban J connectivity index is 1.89. The van der Waals surface area contributed by atoms with Crippen molar-refractivity contribution >= 4 is 29.6 Å². The number of benzene rings is 1. The van der Waals surface area contributed by atoms with Gasteiger partial charge in [-0.1, -0.05) is 0 Å². The smallest absolute Gasteiger partial charge is 0.411 e. The Morgan fingerprint density at radius 3 is 2.25 bits per heavy atom. The van der Waals surface area contributed by atoms with Crippen molar-refractivity contribution in [2.45, 2.75) is 25.3 Å². The molecule has 1 fully saturated rings. The van der Waals surface area contributed by atoms with E-state index < -0.39 is 17.7 Å². The van der Waals surface area contributed by atoms with Gasteiger partial charge in [-0.15, -0.1) is 0 Å². The van der Waals surface area contributed by atoms with Crippen LogP contribution < -0.4 is 16.0 Å². The van der Waals surface area contributed by atoms with Crippen LogP contribution in [0.5, 0.6) is 0 Å². The van der Waals surface area contributed by atoms with Gasteiger partial charge < -0.3 is 15.7 Å². The Kier molecular flexibility index (Phi) is 3.87. The second kappa shape index (κ2) is 5.87. The van der Waals surface area contributed by atoms with E-state index in [1.807, 2.05) is 12.2 Å². The van der Waals surface area contributed by atoms with E-state index in [4.69, 9.17) is 5.11 Å². The van der Waals surface area contributed by atoms with Crippen LogP contribution in [0.4, 0.5) is 37.1 Å². The molecule has 0 unspecified atom stereocenters.